The molecule has 0 unspecified atom stereocenters. The van der Waals surface area contributed by atoms with Crippen LogP contribution in [0.1, 0.15) is 18.2 Å². The number of aromatic nitrogens is 1. The molecule has 0 spiro atoms. The lowest BCUT2D eigenvalue weighted by atomic mass is 10.2. The molecular weight excluding hydrogens is 388 g/mol. The Kier molecular flexibility index (Phi) is 5.73. The summed E-state index contributed by atoms with van der Waals surface area (Å²) in [6.07, 6.45) is 1.55. The van der Waals surface area contributed by atoms with Gasteiger partial charge in [0.2, 0.25) is 10.0 Å². The van der Waals surface area contributed by atoms with Crippen LogP contribution in [0.5, 0.6) is 0 Å². The van der Waals surface area contributed by atoms with Gasteiger partial charge in [0.15, 0.2) is 10.8 Å². The maximum atomic E-state index is 12.3. The maximum absolute atomic E-state index is 12.3. The van der Waals surface area contributed by atoms with E-state index in [1.807, 2.05) is 6.92 Å². The molecule has 0 radical (unpaired) electrons. The fourth-order valence-electron chi connectivity index (χ4n) is 2.22. The van der Waals surface area contributed by atoms with Gasteiger partial charge >= 0.3 is 5.97 Å². The molecule has 0 bridgehead atoms. The van der Waals surface area contributed by atoms with Gasteiger partial charge in [0.05, 0.1) is 16.9 Å². The van der Waals surface area contributed by atoms with Crippen LogP contribution in [-0.4, -0.2) is 25.4 Å². The molecule has 0 aliphatic heterocycles. The Morgan fingerprint density at radius 3 is 2.70 bits per heavy atom. The zero-order valence-electron chi connectivity index (χ0n) is 14.7. The van der Waals surface area contributed by atoms with Crippen LogP contribution in [-0.2, 0) is 26.2 Å². The largest absolute Gasteiger partial charge is 0.462 e. The molecule has 27 heavy (non-hydrogen) atoms. The molecule has 0 saturated carbocycles. The number of hydrogen-bond donors (Lipinski definition) is 1. The van der Waals surface area contributed by atoms with Gasteiger partial charge in [0, 0.05) is 5.38 Å². The van der Waals surface area contributed by atoms with Crippen molar-refractivity contribution in [3.8, 4) is 10.8 Å². The van der Waals surface area contributed by atoms with Gasteiger partial charge < -0.3 is 9.15 Å². The predicted molar refractivity (Wildman–Crippen MR) is 101 cm³/mol. The molecule has 3 rings (SSSR count). The lowest BCUT2D eigenvalue weighted by molar-refractivity contribution is -0.146. The third-order valence-electron chi connectivity index (χ3n) is 3.66. The minimum atomic E-state index is -3.81. The molecule has 3 aromatic rings. The summed E-state index contributed by atoms with van der Waals surface area (Å²) in [6, 6.07) is 8.88. The molecule has 7 nitrogen and oxygen atoms in total. The van der Waals surface area contributed by atoms with E-state index in [-0.39, 0.29) is 11.5 Å². The molecule has 0 fully saturated rings. The Bertz CT molecular complexity index is 1010. The monoisotopic (exact) mass is 406 g/mol. The van der Waals surface area contributed by atoms with Gasteiger partial charge in [-0.1, -0.05) is 17.7 Å². The second-order valence-electron chi connectivity index (χ2n) is 5.89. The van der Waals surface area contributed by atoms with E-state index in [4.69, 9.17) is 9.15 Å². The van der Waals surface area contributed by atoms with Crippen LogP contribution >= 0.6 is 11.3 Å². The number of furan rings is 1. The fourth-order valence-corrected chi connectivity index (χ4v) is 4.19. The molecule has 0 saturated heterocycles. The zero-order valence-corrected chi connectivity index (χ0v) is 16.3. The van der Waals surface area contributed by atoms with Crippen LogP contribution in [0.25, 0.3) is 10.8 Å². The predicted octanol–water partition coefficient (Wildman–Crippen LogP) is 3.12. The summed E-state index contributed by atoms with van der Waals surface area (Å²) >= 11 is 1.37. The van der Waals surface area contributed by atoms with Crippen molar-refractivity contribution in [3.63, 3.8) is 0 Å². The van der Waals surface area contributed by atoms with E-state index in [9.17, 15) is 13.2 Å². The highest BCUT2D eigenvalue weighted by Crippen LogP contribution is 2.24. The molecular formula is C18H18N2O5S2. The van der Waals surface area contributed by atoms with Crippen molar-refractivity contribution < 1.29 is 22.4 Å². The topological polar surface area (TPSA) is 98.5 Å². The van der Waals surface area contributed by atoms with Crippen LogP contribution in [0, 0.1) is 6.92 Å². The SMILES string of the molecule is Cc1ccc(S(=O)(=O)N[C@@H](C)C(=O)OCc2csc(-c3ccco3)n2)cc1. The number of nitrogens with zero attached hydrogens (tertiary/aromatic N) is 1. The summed E-state index contributed by atoms with van der Waals surface area (Å²) in [7, 11) is -3.81. The highest BCUT2D eigenvalue weighted by atomic mass is 32.2. The Hall–Kier alpha value is -2.49. The molecule has 0 aliphatic rings. The van der Waals surface area contributed by atoms with E-state index < -0.39 is 22.0 Å². The number of esters is 1. The zero-order chi connectivity index (χ0) is 19.4. The van der Waals surface area contributed by atoms with Crippen molar-refractivity contribution in [2.75, 3.05) is 0 Å². The van der Waals surface area contributed by atoms with Crippen molar-refractivity contribution in [1.29, 1.82) is 0 Å². The number of thiazole rings is 1. The summed E-state index contributed by atoms with van der Waals surface area (Å²) in [5, 5.41) is 2.44. The molecule has 1 atom stereocenters. The third-order valence-corrected chi connectivity index (χ3v) is 6.13. The molecule has 2 heterocycles. The van der Waals surface area contributed by atoms with E-state index in [0.29, 0.717) is 16.5 Å². The standard InChI is InChI=1S/C18H18N2O5S2/c1-12-5-7-15(8-6-12)27(22,23)20-13(2)18(21)25-10-14-11-26-17(19-14)16-4-3-9-24-16/h3-9,11,13,20H,10H2,1-2H3/t13-/m0/s1. The number of nitrogens with one attached hydrogen (secondary N) is 1. The van der Waals surface area contributed by atoms with Gasteiger partial charge in [-0.05, 0) is 38.1 Å². The van der Waals surface area contributed by atoms with E-state index in [0.717, 1.165) is 5.56 Å². The highest BCUT2D eigenvalue weighted by Gasteiger charge is 2.23. The fraction of sp³-hybridized carbons (Fsp3) is 0.222. The average molecular weight is 406 g/mol. The van der Waals surface area contributed by atoms with Crippen LogP contribution in [0.15, 0.2) is 57.4 Å². The summed E-state index contributed by atoms with van der Waals surface area (Å²) in [6.45, 7) is 3.25. The molecule has 142 valence electrons. The van der Waals surface area contributed by atoms with Crippen LogP contribution < -0.4 is 4.72 Å². The van der Waals surface area contributed by atoms with Crippen molar-refractivity contribution >= 4 is 27.3 Å². The molecule has 1 N–H and O–H groups in total. The van der Waals surface area contributed by atoms with E-state index >= 15 is 0 Å². The second-order valence-corrected chi connectivity index (χ2v) is 8.46. The van der Waals surface area contributed by atoms with E-state index in [1.165, 1.54) is 30.4 Å². The number of ether oxygens (including phenoxy) is 1. The number of sulfonamides is 1. The number of carbonyl (C=O) groups excluding carboxylic acids is 1. The summed E-state index contributed by atoms with van der Waals surface area (Å²) < 4.78 is 37.4. The first-order chi connectivity index (χ1) is 12.8. The number of rotatable bonds is 7. The number of carbonyl (C=O) groups is 1. The first kappa shape index (κ1) is 19.3. The maximum Gasteiger partial charge on any atom is 0.324 e. The number of hydrogen-bond acceptors (Lipinski definition) is 7. The quantitative estimate of drug-likeness (QED) is 0.605. The summed E-state index contributed by atoms with van der Waals surface area (Å²) in [5.74, 6) is -0.0463. The highest BCUT2D eigenvalue weighted by molar-refractivity contribution is 7.89. The smallest absolute Gasteiger partial charge is 0.324 e. The van der Waals surface area contributed by atoms with Gasteiger partial charge in [-0.25, -0.2) is 13.4 Å². The van der Waals surface area contributed by atoms with Gasteiger partial charge in [-0.3, -0.25) is 4.79 Å². The van der Waals surface area contributed by atoms with Crippen LogP contribution in [0.2, 0.25) is 0 Å². The normalized spacial score (nSPS) is 12.7. The minimum Gasteiger partial charge on any atom is -0.462 e. The molecule has 1 aromatic carbocycles. The van der Waals surface area contributed by atoms with Crippen LogP contribution in [0.3, 0.4) is 0 Å². The first-order valence-electron chi connectivity index (χ1n) is 8.09. The molecule has 0 aliphatic carbocycles. The Labute approximate surface area is 161 Å². The molecule has 0 amide bonds. The van der Waals surface area contributed by atoms with Gasteiger partial charge in [-0.2, -0.15) is 4.72 Å². The Balaban J connectivity index is 1.57. The number of aryl methyl sites for hydroxylation is 1. The third kappa shape index (κ3) is 4.82. The lowest BCUT2D eigenvalue weighted by Gasteiger charge is -2.13. The van der Waals surface area contributed by atoms with Crippen molar-refractivity contribution in [3.05, 3.63) is 59.3 Å². The van der Waals surface area contributed by atoms with Crippen molar-refractivity contribution in [2.45, 2.75) is 31.4 Å². The first-order valence-corrected chi connectivity index (χ1v) is 10.5. The van der Waals surface area contributed by atoms with Gasteiger partial charge in [0.25, 0.3) is 0 Å². The van der Waals surface area contributed by atoms with E-state index in [1.54, 1.807) is 35.9 Å². The average Bonchev–Trinajstić information content (AvgIpc) is 3.31. The van der Waals surface area contributed by atoms with Crippen molar-refractivity contribution in [2.24, 2.45) is 0 Å². The minimum absolute atomic E-state index is 0.0490. The Morgan fingerprint density at radius 2 is 2.04 bits per heavy atom. The second kappa shape index (κ2) is 8.03. The summed E-state index contributed by atoms with van der Waals surface area (Å²) in [4.78, 5) is 16.5. The van der Waals surface area contributed by atoms with E-state index in [2.05, 4.69) is 9.71 Å². The van der Waals surface area contributed by atoms with Crippen molar-refractivity contribution in [1.82, 2.24) is 9.71 Å². The van der Waals surface area contributed by atoms with Crippen LogP contribution in [0.4, 0.5) is 0 Å². The van der Waals surface area contributed by atoms with Gasteiger partial charge in [-0.15, -0.1) is 11.3 Å². The number of benzene rings is 1. The molecule has 2 aromatic heterocycles. The molecule has 9 heteroatoms. The van der Waals surface area contributed by atoms with Gasteiger partial charge in [0.1, 0.15) is 12.6 Å². The lowest BCUT2D eigenvalue weighted by Crippen LogP contribution is -2.39. The Morgan fingerprint density at radius 1 is 1.30 bits per heavy atom. The summed E-state index contributed by atoms with van der Waals surface area (Å²) in [5.41, 5.74) is 1.51.